The predicted octanol–water partition coefficient (Wildman–Crippen LogP) is 0.171. The third-order valence-corrected chi connectivity index (χ3v) is 2.36. The van der Waals surface area contributed by atoms with Gasteiger partial charge in [-0.2, -0.15) is 8.42 Å². The molecule has 0 saturated heterocycles. The monoisotopic (exact) mass is 219 g/mol. The van der Waals surface area contributed by atoms with E-state index in [0.717, 1.165) is 12.1 Å². The van der Waals surface area contributed by atoms with Crippen molar-refractivity contribution in [3.05, 3.63) is 29.6 Å². The molecule has 1 aromatic carbocycles. The number of amides is 1. The summed E-state index contributed by atoms with van der Waals surface area (Å²) in [5, 5.41) is 0. The highest BCUT2D eigenvalue weighted by Crippen LogP contribution is 2.15. The topological polar surface area (TPSA) is 97.5 Å². The minimum Gasteiger partial charge on any atom is -0.366 e. The van der Waals surface area contributed by atoms with Crippen LogP contribution in [-0.2, 0) is 10.1 Å². The SMILES string of the molecule is NC(=O)c1ccc(F)c(S(=O)(=O)O)c1. The highest BCUT2D eigenvalue weighted by atomic mass is 32.2. The second-order valence-electron chi connectivity index (χ2n) is 2.48. The van der Waals surface area contributed by atoms with Crippen molar-refractivity contribution in [1.82, 2.24) is 0 Å². The highest BCUT2D eigenvalue weighted by molar-refractivity contribution is 7.85. The number of benzene rings is 1. The molecule has 0 aliphatic rings. The molecule has 1 aromatic rings. The van der Waals surface area contributed by atoms with E-state index in [-0.39, 0.29) is 5.56 Å². The van der Waals surface area contributed by atoms with Crippen molar-refractivity contribution in [1.29, 1.82) is 0 Å². The minimum atomic E-state index is -4.67. The van der Waals surface area contributed by atoms with Crippen LogP contribution in [0.5, 0.6) is 0 Å². The van der Waals surface area contributed by atoms with Crippen molar-refractivity contribution in [2.75, 3.05) is 0 Å². The van der Waals surface area contributed by atoms with E-state index in [1.165, 1.54) is 0 Å². The van der Waals surface area contributed by atoms with Crippen LogP contribution in [0.2, 0.25) is 0 Å². The lowest BCUT2D eigenvalue weighted by molar-refractivity contribution is 0.1000. The van der Waals surface area contributed by atoms with Crippen molar-refractivity contribution < 1.29 is 22.2 Å². The van der Waals surface area contributed by atoms with Gasteiger partial charge in [-0.3, -0.25) is 9.35 Å². The van der Waals surface area contributed by atoms with Gasteiger partial charge in [0.05, 0.1) is 0 Å². The summed E-state index contributed by atoms with van der Waals surface area (Å²) in [7, 11) is -4.67. The molecule has 0 aromatic heterocycles. The zero-order chi connectivity index (χ0) is 10.9. The Balaban J connectivity index is 3.44. The van der Waals surface area contributed by atoms with E-state index < -0.39 is 26.7 Å². The molecule has 0 unspecified atom stereocenters. The smallest absolute Gasteiger partial charge is 0.297 e. The molecular formula is C7H6FNO4S. The lowest BCUT2D eigenvalue weighted by atomic mass is 10.2. The number of hydrogen-bond acceptors (Lipinski definition) is 3. The summed E-state index contributed by atoms with van der Waals surface area (Å²) < 4.78 is 42.6. The normalized spacial score (nSPS) is 11.3. The van der Waals surface area contributed by atoms with Crippen molar-refractivity contribution in [2.45, 2.75) is 4.90 Å². The molecule has 7 heteroatoms. The molecule has 0 saturated carbocycles. The van der Waals surface area contributed by atoms with Crippen LogP contribution < -0.4 is 5.73 Å². The summed E-state index contributed by atoms with van der Waals surface area (Å²) in [6, 6.07) is 2.43. The van der Waals surface area contributed by atoms with Gasteiger partial charge in [-0.05, 0) is 18.2 Å². The van der Waals surface area contributed by atoms with E-state index in [4.69, 9.17) is 10.3 Å². The van der Waals surface area contributed by atoms with Gasteiger partial charge in [-0.1, -0.05) is 0 Å². The Labute approximate surface area is 79.1 Å². The fraction of sp³-hybridized carbons (Fsp3) is 0. The molecule has 76 valence electrons. The molecule has 0 aliphatic carbocycles. The number of halogens is 1. The summed E-state index contributed by atoms with van der Waals surface area (Å²) in [6.07, 6.45) is 0. The Morgan fingerprint density at radius 1 is 1.43 bits per heavy atom. The van der Waals surface area contributed by atoms with E-state index in [1.807, 2.05) is 0 Å². The maximum Gasteiger partial charge on any atom is 0.297 e. The lowest BCUT2D eigenvalue weighted by Crippen LogP contribution is -2.12. The number of carbonyl (C=O) groups excluding carboxylic acids is 1. The molecule has 5 nitrogen and oxygen atoms in total. The fourth-order valence-corrected chi connectivity index (χ4v) is 1.44. The van der Waals surface area contributed by atoms with Crippen molar-refractivity contribution >= 4 is 16.0 Å². The predicted molar refractivity (Wildman–Crippen MR) is 44.7 cm³/mol. The number of carbonyl (C=O) groups is 1. The molecule has 0 bridgehead atoms. The largest absolute Gasteiger partial charge is 0.366 e. The van der Waals surface area contributed by atoms with Crippen LogP contribution in [0, 0.1) is 5.82 Å². The molecule has 3 N–H and O–H groups in total. The minimum absolute atomic E-state index is 0.195. The molecule has 0 aliphatic heterocycles. The molecule has 14 heavy (non-hydrogen) atoms. The summed E-state index contributed by atoms with van der Waals surface area (Å²) in [5.74, 6) is -2.05. The van der Waals surface area contributed by atoms with Crippen LogP contribution in [0.25, 0.3) is 0 Å². The second kappa shape index (κ2) is 3.35. The van der Waals surface area contributed by atoms with Gasteiger partial charge in [-0.25, -0.2) is 4.39 Å². The Bertz CT molecular complexity index is 482. The molecule has 0 atom stereocenters. The van der Waals surface area contributed by atoms with Crippen LogP contribution in [0.15, 0.2) is 23.1 Å². The Kier molecular flexibility index (Phi) is 2.54. The van der Waals surface area contributed by atoms with Gasteiger partial charge in [0.15, 0.2) is 0 Å². The Morgan fingerprint density at radius 3 is 2.43 bits per heavy atom. The maximum absolute atomic E-state index is 12.8. The zero-order valence-corrected chi connectivity index (χ0v) is 7.58. The first-order chi connectivity index (χ1) is 6.32. The van der Waals surface area contributed by atoms with Gasteiger partial charge in [0.1, 0.15) is 10.7 Å². The Hall–Kier alpha value is -1.47. The van der Waals surface area contributed by atoms with E-state index in [2.05, 4.69) is 0 Å². The lowest BCUT2D eigenvalue weighted by Gasteiger charge is -2.00. The summed E-state index contributed by atoms with van der Waals surface area (Å²) in [4.78, 5) is 9.65. The molecule has 0 heterocycles. The van der Waals surface area contributed by atoms with Crippen molar-refractivity contribution in [3.8, 4) is 0 Å². The van der Waals surface area contributed by atoms with Crippen LogP contribution in [0.4, 0.5) is 4.39 Å². The zero-order valence-electron chi connectivity index (χ0n) is 6.77. The standard InChI is InChI=1S/C7H6FNO4S/c8-5-2-1-4(7(9)10)3-6(5)14(11,12)13/h1-3H,(H2,9,10)(H,11,12,13). The third kappa shape index (κ3) is 2.06. The van der Waals surface area contributed by atoms with Gasteiger partial charge < -0.3 is 5.73 Å². The summed E-state index contributed by atoms with van der Waals surface area (Å²) in [5.41, 5.74) is 4.64. The number of nitrogens with two attached hydrogens (primary N) is 1. The Morgan fingerprint density at radius 2 is 2.00 bits per heavy atom. The number of primary amides is 1. The summed E-state index contributed by atoms with van der Waals surface area (Å²) in [6.45, 7) is 0. The number of rotatable bonds is 2. The molecule has 1 amide bonds. The van der Waals surface area contributed by atoms with E-state index >= 15 is 0 Å². The molecule has 0 spiro atoms. The van der Waals surface area contributed by atoms with E-state index in [1.54, 1.807) is 0 Å². The second-order valence-corrected chi connectivity index (χ2v) is 3.87. The van der Waals surface area contributed by atoms with Gasteiger partial charge in [0, 0.05) is 5.56 Å². The van der Waals surface area contributed by atoms with Crippen molar-refractivity contribution in [3.63, 3.8) is 0 Å². The van der Waals surface area contributed by atoms with Crippen LogP contribution in [-0.4, -0.2) is 18.9 Å². The molecule has 1 rings (SSSR count). The van der Waals surface area contributed by atoms with Gasteiger partial charge in [-0.15, -0.1) is 0 Å². The van der Waals surface area contributed by atoms with E-state index in [9.17, 15) is 17.6 Å². The average Bonchev–Trinajstić information content (AvgIpc) is 2.02. The maximum atomic E-state index is 12.8. The first-order valence-electron chi connectivity index (χ1n) is 3.39. The van der Waals surface area contributed by atoms with Crippen molar-refractivity contribution in [2.24, 2.45) is 5.73 Å². The highest BCUT2D eigenvalue weighted by Gasteiger charge is 2.17. The summed E-state index contributed by atoms with van der Waals surface area (Å²) >= 11 is 0. The first kappa shape index (κ1) is 10.6. The molecule has 0 fully saturated rings. The third-order valence-electron chi connectivity index (χ3n) is 1.49. The first-order valence-corrected chi connectivity index (χ1v) is 4.83. The van der Waals surface area contributed by atoms with Crippen LogP contribution >= 0.6 is 0 Å². The molecular weight excluding hydrogens is 213 g/mol. The van der Waals surface area contributed by atoms with Gasteiger partial charge in [0.25, 0.3) is 10.1 Å². The quantitative estimate of drug-likeness (QED) is 0.693. The van der Waals surface area contributed by atoms with Crippen LogP contribution in [0.3, 0.4) is 0 Å². The fourth-order valence-electron chi connectivity index (χ4n) is 0.854. The molecule has 0 radical (unpaired) electrons. The van der Waals surface area contributed by atoms with Gasteiger partial charge in [0.2, 0.25) is 5.91 Å². The number of hydrogen-bond donors (Lipinski definition) is 2. The van der Waals surface area contributed by atoms with Crippen LogP contribution in [0.1, 0.15) is 10.4 Å². The van der Waals surface area contributed by atoms with E-state index in [0.29, 0.717) is 6.07 Å². The van der Waals surface area contributed by atoms with Gasteiger partial charge >= 0.3 is 0 Å². The average molecular weight is 219 g/mol.